The SMILES string of the molecule is C=C(CCOC(=O)C(=O)OCCC(=C)C(F)F)C(F)F. The molecule has 0 aliphatic rings. The lowest BCUT2D eigenvalue weighted by Crippen LogP contribution is -2.22. The van der Waals surface area contributed by atoms with Crippen molar-refractivity contribution in [3.63, 3.8) is 0 Å². The lowest BCUT2D eigenvalue weighted by atomic mass is 10.2. The van der Waals surface area contributed by atoms with E-state index in [1.165, 1.54) is 0 Å². The van der Waals surface area contributed by atoms with Gasteiger partial charge in [0, 0.05) is 12.8 Å². The Bertz CT molecular complexity index is 344. The summed E-state index contributed by atoms with van der Waals surface area (Å²) in [5.74, 6) is -2.76. The first-order valence-electron chi connectivity index (χ1n) is 5.51. The number of alkyl halides is 4. The quantitative estimate of drug-likeness (QED) is 0.299. The molecule has 0 saturated heterocycles. The predicted octanol–water partition coefficient (Wildman–Crippen LogP) is 2.50. The van der Waals surface area contributed by atoms with E-state index >= 15 is 0 Å². The van der Waals surface area contributed by atoms with Crippen LogP contribution in [0.2, 0.25) is 0 Å². The molecule has 0 fully saturated rings. The summed E-state index contributed by atoms with van der Waals surface area (Å²) in [6.07, 6.45) is -6.06. The second-order valence-corrected chi connectivity index (χ2v) is 3.69. The maximum atomic E-state index is 12.0. The van der Waals surface area contributed by atoms with Gasteiger partial charge in [-0.25, -0.2) is 27.2 Å². The Hall–Kier alpha value is -1.86. The van der Waals surface area contributed by atoms with Crippen LogP contribution in [-0.2, 0) is 19.1 Å². The molecule has 8 heteroatoms. The number of halogens is 4. The van der Waals surface area contributed by atoms with Crippen molar-refractivity contribution in [2.45, 2.75) is 25.7 Å². The first-order valence-corrected chi connectivity index (χ1v) is 5.51. The number of ether oxygens (including phenoxy) is 2. The van der Waals surface area contributed by atoms with E-state index in [1.54, 1.807) is 0 Å². The van der Waals surface area contributed by atoms with Crippen LogP contribution in [0.1, 0.15) is 12.8 Å². The number of hydrogen-bond acceptors (Lipinski definition) is 4. The van der Waals surface area contributed by atoms with Gasteiger partial charge in [-0.05, 0) is 11.1 Å². The van der Waals surface area contributed by atoms with Crippen LogP contribution in [0.25, 0.3) is 0 Å². The Kier molecular flexibility index (Phi) is 8.26. The van der Waals surface area contributed by atoms with Crippen LogP contribution in [0, 0.1) is 0 Å². The first-order chi connectivity index (χ1) is 9.25. The fourth-order valence-corrected chi connectivity index (χ4v) is 0.886. The summed E-state index contributed by atoms with van der Waals surface area (Å²) in [6, 6.07) is 0. The van der Waals surface area contributed by atoms with Gasteiger partial charge in [-0.1, -0.05) is 13.2 Å². The smallest absolute Gasteiger partial charge is 0.417 e. The Labute approximate surface area is 113 Å². The van der Waals surface area contributed by atoms with Gasteiger partial charge in [-0.3, -0.25) is 0 Å². The molecule has 0 spiro atoms. The molecule has 0 rings (SSSR count). The van der Waals surface area contributed by atoms with E-state index in [2.05, 4.69) is 22.6 Å². The molecule has 114 valence electrons. The average molecular weight is 298 g/mol. The van der Waals surface area contributed by atoms with Crippen LogP contribution >= 0.6 is 0 Å². The number of esters is 2. The summed E-state index contributed by atoms with van der Waals surface area (Å²) in [4.78, 5) is 22.0. The van der Waals surface area contributed by atoms with Crippen molar-refractivity contribution in [3.05, 3.63) is 24.3 Å². The third-order valence-corrected chi connectivity index (χ3v) is 2.10. The van der Waals surface area contributed by atoms with E-state index in [-0.39, 0.29) is 12.8 Å². The molecule has 0 aromatic carbocycles. The third kappa shape index (κ3) is 7.55. The largest absolute Gasteiger partial charge is 0.457 e. The van der Waals surface area contributed by atoms with Gasteiger partial charge in [0.1, 0.15) is 0 Å². The topological polar surface area (TPSA) is 52.6 Å². The molecular weight excluding hydrogens is 284 g/mol. The van der Waals surface area contributed by atoms with Crippen molar-refractivity contribution in [2.75, 3.05) is 13.2 Å². The van der Waals surface area contributed by atoms with E-state index in [0.29, 0.717) is 0 Å². The zero-order valence-electron chi connectivity index (χ0n) is 10.5. The molecule has 0 radical (unpaired) electrons. The van der Waals surface area contributed by atoms with Gasteiger partial charge in [0.05, 0.1) is 13.2 Å². The van der Waals surface area contributed by atoms with Gasteiger partial charge < -0.3 is 9.47 Å². The zero-order chi connectivity index (χ0) is 15.7. The zero-order valence-corrected chi connectivity index (χ0v) is 10.5. The third-order valence-electron chi connectivity index (χ3n) is 2.10. The predicted molar refractivity (Wildman–Crippen MR) is 61.4 cm³/mol. The summed E-state index contributed by atoms with van der Waals surface area (Å²) >= 11 is 0. The molecule has 0 atom stereocenters. The average Bonchev–Trinajstić information content (AvgIpc) is 2.37. The van der Waals surface area contributed by atoms with Gasteiger partial charge in [0.15, 0.2) is 0 Å². The minimum atomic E-state index is -2.74. The molecule has 0 amide bonds. The molecule has 0 aliphatic heterocycles. The van der Waals surface area contributed by atoms with E-state index in [9.17, 15) is 27.2 Å². The highest BCUT2D eigenvalue weighted by atomic mass is 19.3. The second-order valence-electron chi connectivity index (χ2n) is 3.69. The van der Waals surface area contributed by atoms with Crippen molar-refractivity contribution in [2.24, 2.45) is 0 Å². The van der Waals surface area contributed by atoms with Crippen molar-refractivity contribution in [1.82, 2.24) is 0 Å². The maximum absolute atomic E-state index is 12.0. The molecule has 20 heavy (non-hydrogen) atoms. The maximum Gasteiger partial charge on any atom is 0.417 e. The van der Waals surface area contributed by atoms with Crippen LogP contribution < -0.4 is 0 Å². The van der Waals surface area contributed by atoms with Crippen molar-refractivity contribution in [1.29, 1.82) is 0 Å². The van der Waals surface area contributed by atoms with Crippen molar-refractivity contribution in [3.8, 4) is 0 Å². The van der Waals surface area contributed by atoms with E-state index in [0.717, 1.165) is 0 Å². The van der Waals surface area contributed by atoms with Crippen LogP contribution in [0.4, 0.5) is 17.6 Å². The summed E-state index contributed by atoms with van der Waals surface area (Å²) < 4.78 is 56.8. The standard InChI is InChI=1S/C12H14F4O4/c1-7(9(13)14)3-5-19-11(17)12(18)20-6-4-8(2)10(15)16/h9-10H,1-6H2. The van der Waals surface area contributed by atoms with E-state index in [4.69, 9.17) is 0 Å². The number of carbonyl (C=O) groups is 2. The summed E-state index contributed by atoms with van der Waals surface area (Å²) in [5, 5.41) is 0. The van der Waals surface area contributed by atoms with Crippen LogP contribution in [0.5, 0.6) is 0 Å². The van der Waals surface area contributed by atoms with E-state index in [1.807, 2.05) is 0 Å². The Balaban J connectivity index is 3.85. The molecule has 0 heterocycles. The Morgan fingerprint density at radius 3 is 1.35 bits per heavy atom. The van der Waals surface area contributed by atoms with Crippen LogP contribution in [-0.4, -0.2) is 38.0 Å². The molecule has 0 aliphatic carbocycles. The minimum absolute atomic E-state index is 0.293. The van der Waals surface area contributed by atoms with Crippen LogP contribution in [0.15, 0.2) is 24.3 Å². The van der Waals surface area contributed by atoms with Crippen molar-refractivity contribution >= 4 is 11.9 Å². The lowest BCUT2D eigenvalue weighted by molar-refractivity contribution is -0.167. The van der Waals surface area contributed by atoms with E-state index < -0.39 is 49.1 Å². The molecule has 0 aromatic heterocycles. The fraction of sp³-hybridized carbons (Fsp3) is 0.500. The second kappa shape index (κ2) is 9.11. The Morgan fingerprint density at radius 2 is 1.10 bits per heavy atom. The highest BCUT2D eigenvalue weighted by molar-refractivity contribution is 6.29. The fourth-order valence-electron chi connectivity index (χ4n) is 0.886. The van der Waals surface area contributed by atoms with Gasteiger partial charge >= 0.3 is 11.9 Å². The summed E-state index contributed by atoms with van der Waals surface area (Å²) in [5.41, 5.74) is -0.862. The summed E-state index contributed by atoms with van der Waals surface area (Å²) in [7, 11) is 0. The number of carbonyl (C=O) groups excluding carboxylic acids is 2. The van der Waals surface area contributed by atoms with Crippen LogP contribution in [0.3, 0.4) is 0 Å². The normalized spacial score (nSPS) is 10.5. The molecule has 0 saturated carbocycles. The van der Waals surface area contributed by atoms with Crippen molar-refractivity contribution < 1.29 is 36.6 Å². The molecule has 0 aromatic rings. The van der Waals surface area contributed by atoms with Gasteiger partial charge in [0.2, 0.25) is 0 Å². The first kappa shape index (κ1) is 18.1. The summed E-state index contributed by atoms with van der Waals surface area (Å²) in [6.45, 7) is 5.20. The highest BCUT2D eigenvalue weighted by Crippen LogP contribution is 2.11. The number of hydrogen-bond donors (Lipinski definition) is 0. The Morgan fingerprint density at radius 1 is 0.800 bits per heavy atom. The van der Waals surface area contributed by atoms with Gasteiger partial charge in [0.25, 0.3) is 12.9 Å². The molecule has 0 bridgehead atoms. The monoisotopic (exact) mass is 298 g/mol. The molecule has 0 N–H and O–H groups in total. The minimum Gasteiger partial charge on any atom is -0.457 e. The molecular formula is C12H14F4O4. The highest BCUT2D eigenvalue weighted by Gasteiger charge is 2.18. The molecule has 4 nitrogen and oxygen atoms in total. The van der Waals surface area contributed by atoms with Gasteiger partial charge in [-0.15, -0.1) is 0 Å². The lowest BCUT2D eigenvalue weighted by Gasteiger charge is -2.07. The molecule has 0 unspecified atom stereocenters. The van der Waals surface area contributed by atoms with Gasteiger partial charge in [-0.2, -0.15) is 0 Å². The number of rotatable bonds is 8.